The highest BCUT2D eigenvalue weighted by Gasteiger charge is 2.41. The molecule has 0 aliphatic heterocycles. The van der Waals surface area contributed by atoms with Gasteiger partial charge in [-0.1, -0.05) is 158 Å². The summed E-state index contributed by atoms with van der Waals surface area (Å²) in [6, 6.07) is 48.4. The Bertz CT molecular complexity index is 2310. The maximum absolute atomic E-state index is 11.9. The fourth-order valence-corrected chi connectivity index (χ4v) is 7.09. The largest absolute Gasteiger partial charge is 0.711 e. The minimum absolute atomic E-state index is 0.665. The van der Waals surface area contributed by atoms with Crippen LogP contribution in [-0.2, 0) is 18.5 Å². The van der Waals surface area contributed by atoms with E-state index < -0.39 is 5.54 Å². The van der Waals surface area contributed by atoms with Gasteiger partial charge in [-0.2, -0.15) is 0 Å². The third kappa shape index (κ3) is 6.60. The SMILES string of the molecule is CCCCc1nc(-c2cnc[n+]([O-])c2)cn1Cc1ccc(-c2ccc(-c3nnnn3C(c3ccccc3)(c3ccccc3)c3ccccc3)cc2)cc1. The van der Waals surface area contributed by atoms with E-state index >= 15 is 0 Å². The van der Waals surface area contributed by atoms with Crippen molar-refractivity contribution in [2.75, 3.05) is 0 Å². The number of nitrogens with zero attached hydrogens (tertiary/aromatic N) is 8. The molecule has 0 aliphatic rings. The molecule has 0 unspecified atom stereocenters. The molecule has 3 aromatic heterocycles. The summed E-state index contributed by atoms with van der Waals surface area (Å²) in [6.07, 6.45) is 9.43. The van der Waals surface area contributed by atoms with Crippen molar-refractivity contribution in [1.82, 2.24) is 34.7 Å². The van der Waals surface area contributed by atoms with Crippen LogP contribution in [0.3, 0.4) is 0 Å². The molecule has 260 valence electrons. The standard InChI is InChI=1S/C44H38N8O/c1-2-3-19-42-46-41(37-28-45-32-51(53)30-37)31-50(42)29-33-20-22-34(23-21-33)35-24-26-36(27-25-35)43-47-48-49-52(43)44(38-13-7-4-8-14-38,39-15-9-5-10-16-39)40-17-11-6-12-18-40/h4-18,20-28,30-32H,2-3,19,29H2,1H3. The van der Waals surface area contributed by atoms with Gasteiger partial charge in [0, 0.05) is 24.7 Å². The topological polar surface area (TPSA) is 101 Å². The van der Waals surface area contributed by atoms with E-state index in [4.69, 9.17) is 10.2 Å². The van der Waals surface area contributed by atoms with Crippen LogP contribution in [0.4, 0.5) is 0 Å². The van der Waals surface area contributed by atoms with Gasteiger partial charge in [-0.25, -0.2) is 14.4 Å². The highest BCUT2D eigenvalue weighted by molar-refractivity contribution is 5.68. The van der Waals surface area contributed by atoms with Crippen LogP contribution in [0.1, 0.15) is 47.8 Å². The zero-order valence-electron chi connectivity index (χ0n) is 29.4. The van der Waals surface area contributed by atoms with Crippen LogP contribution in [0.25, 0.3) is 33.8 Å². The zero-order chi connectivity index (χ0) is 36.0. The Balaban J connectivity index is 1.10. The third-order valence-electron chi connectivity index (χ3n) is 9.71. The maximum Gasteiger partial charge on any atom is 0.289 e. The molecule has 0 aliphatic carbocycles. The number of hydrogen-bond donors (Lipinski definition) is 0. The lowest BCUT2D eigenvalue weighted by atomic mass is 9.77. The predicted molar refractivity (Wildman–Crippen MR) is 205 cm³/mol. The second kappa shape index (κ2) is 14.9. The first-order valence-electron chi connectivity index (χ1n) is 17.9. The molecular formula is C44H38N8O. The number of benzene rings is 5. The Morgan fingerprint density at radius 3 is 1.81 bits per heavy atom. The molecule has 0 fully saturated rings. The van der Waals surface area contributed by atoms with Crippen LogP contribution in [0.2, 0.25) is 0 Å². The van der Waals surface area contributed by atoms with Crippen molar-refractivity contribution < 1.29 is 4.73 Å². The molecule has 0 amide bonds. The van der Waals surface area contributed by atoms with Crippen molar-refractivity contribution in [2.45, 2.75) is 38.3 Å². The van der Waals surface area contributed by atoms with E-state index in [2.05, 4.69) is 148 Å². The maximum atomic E-state index is 11.9. The molecule has 5 aromatic carbocycles. The summed E-state index contributed by atoms with van der Waals surface area (Å²) in [4.78, 5) is 8.92. The van der Waals surface area contributed by atoms with Gasteiger partial charge in [0.2, 0.25) is 0 Å². The molecule has 9 nitrogen and oxygen atoms in total. The summed E-state index contributed by atoms with van der Waals surface area (Å²) in [6.45, 7) is 2.85. The van der Waals surface area contributed by atoms with Gasteiger partial charge in [0.05, 0.1) is 11.3 Å². The van der Waals surface area contributed by atoms with Crippen LogP contribution < -0.4 is 4.73 Å². The van der Waals surface area contributed by atoms with Gasteiger partial charge in [0.25, 0.3) is 6.33 Å². The zero-order valence-corrected chi connectivity index (χ0v) is 29.4. The third-order valence-corrected chi connectivity index (χ3v) is 9.71. The number of rotatable bonds is 12. The van der Waals surface area contributed by atoms with Crippen LogP contribution in [0, 0.1) is 5.21 Å². The Hall–Kier alpha value is -6.74. The second-order valence-corrected chi connectivity index (χ2v) is 13.1. The summed E-state index contributed by atoms with van der Waals surface area (Å²) >= 11 is 0. The highest BCUT2D eigenvalue weighted by Crippen LogP contribution is 2.42. The van der Waals surface area contributed by atoms with Crippen molar-refractivity contribution in [3.8, 4) is 33.8 Å². The van der Waals surface area contributed by atoms with Gasteiger partial charge in [-0.15, -0.1) is 5.10 Å². The monoisotopic (exact) mass is 694 g/mol. The van der Waals surface area contributed by atoms with Crippen LogP contribution >= 0.6 is 0 Å². The lowest BCUT2D eigenvalue weighted by Crippen LogP contribution is -2.39. The van der Waals surface area contributed by atoms with Gasteiger partial charge in [0.15, 0.2) is 12.0 Å². The average Bonchev–Trinajstić information content (AvgIpc) is 3.87. The van der Waals surface area contributed by atoms with E-state index in [0.717, 1.165) is 69.7 Å². The van der Waals surface area contributed by atoms with E-state index in [9.17, 15) is 5.21 Å². The summed E-state index contributed by atoms with van der Waals surface area (Å²) in [5.41, 5.74) is 8.08. The molecule has 9 heteroatoms. The smallest absolute Gasteiger partial charge is 0.289 e. The van der Waals surface area contributed by atoms with E-state index in [1.807, 2.05) is 29.1 Å². The molecule has 0 bridgehead atoms. The molecule has 53 heavy (non-hydrogen) atoms. The van der Waals surface area contributed by atoms with Crippen LogP contribution in [-0.4, -0.2) is 34.7 Å². The Kier molecular flexibility index (Phi) is 9.36. The Labute approximate surface area is 308 Å². The molecule has 0 N–H and O–H groups in total. The molecule has 3 heterocycles. The summed E-state index contributed by atoms with van der Waals surface area (Å²) in [5, 5.41) is 25.4. The number of hydrogen-bond acceptors (Lipinski definition) is 6. The van der Waals surface area contributed by atoms with Crippen molar-refractivity contribution in [3.63, 3.8) is 0 Å². The highest BCUT2D eigenvalue weighted by atomic mass is 16.5. The van der Waals surface area contributed by atoms with Crippen molar-refractivity contribution in [3.05, 3.63) is 198 Å². The predicted octanol–water partition coefficient (Wildman–Crippen LogP) is 8.13. The van der Waals surface area contributed by atoms with Crippen LogP contribution in [0.15, 0.2) is 164 Å². The van der Waals surface area contributed by atoms with Gasteiger partial charge in [0.1, 0.15) is 17.6 Å². The molecule has 0 saturated heterocycles. The van der Waals surface area contributed by atoms with E-state index in [1.54, 1.807) is 6.20 Å². The Morgan fingerprint density at radius 2 is 1.25 bits per heavy atom. The minimum Gasteiger partial charge on any atom is -0.711 e. The quantitative estimate of drug-likeness (QED) is 0.0728. The minimum atomic E-state index is -0.820. The van der Waals surface area contributed by atoms with Gasteiger partial charge in [-0.05, 0) is 50.2 Å². The number of imidazole rings is 1. The second-order valence-electron chi connectivity index (χ2n) is 13.1. The van der Waals surface area contributed by atoms with E-state index in [-0.39, 0.29) is 0 Å². The molecular weight excluding hydrogens is 657 g/mol. The first-order valence-corrected chi connectivity index (χ1v) is 17.9. The fraction of sp³-hybridized carbons (Fsp3) is 0.136. The van der Waals surface area contributed by atoms with Gasteiger partial charge >= 0.3 is 0 Å². The molecule has 8 rings (SSSR count). The molecule has 0 spiro atoms. The fourth-order valence-electron chi connectivity index (χ4n) is 7.09. The van der Waals surface area contributed by atoms with E-state index in [0.29, 0.717) is 22.7 Å². The summed E-state index contributed by atoms with van der Waals surface area (Å²) in [7, 11) is 0. The molecule has 0 radical (unpaired) electrons. The number of unbranched alkanes of at least 4 members (excludes halogenated alkanes) is 1. The van der Waals surface area contributed by atoms with E-state index in [1.165, 1.54) is 12.5 Å². The van der Waals surface area contributed by atoms with Crippen LogP contribution in [0.5, 0.6) is 0 Å². The number of aryl methyl sites for hydroxylation is 1. The van der Waals surface area contributed by atoms with Crippen molar-refractivity contribution in [1.29, 1.82) is 0 Å². The lowest BCUT2D eigenvalue weighted by molar-refractivity contribution is -0.608. The Morgan fingerprint density at radius 1 is 0.679 bits per heavy atom. The normalized spacial score (nSPS) is 11.5. The average molecular weight is 695 g/mol. The molecule has 8 aromatic rings. The summed E-state index contributed by atoms with van der Waals surface area (Å²) in [5.74, 6) is 1.67. The number of tetrazole rings is 1. The summed E-state index contributed by atoms with van der Waals surface area (Å²) < 4.78 is 4.85. The van der Waals surface area contributed by atoms with Crippen molar-refractivity contribution in [2.24, 2.45) is 0 Å². The van der Waals surface area contributed by atoms with Gasteiger partial charge < -0.3 is 9.77 Å². The molecule has 0 atom stereocenters. The van der Waals surface area contributed by atoms with Gasteiger partial charge in [-0.3, -0.25) is 0 Å². The molecule has 0 saturated carbocycles. The van der Waals surface area contributed by atoms with Crippen molar-refractivity contribution >= 4 is 0 Å². The number of aromatic nitrogens is 8. The first-order chi connectivity index (χ1) is 26.1. The first kappa shape index (κ1) is 33.4. The lowest BCUT2D eigenvalue weighted by Gasteiger charge is -2.36.